The summed E-state index contributed by atoms with van der Waals surface area (Å²) in [4.78, 5) is 53.6. The summed E-state index contributed by atoms with van der Waals surface area (Å²) in [5, 5.41) is 0. The number of nitrogens with zero attached hydrogens (tertiary/aromatic N) is 2. The van der Waals surface area contributed by atoms with E-state index in [1.165, 1.54) is 38.9 Å². The van der Waals surface area contributed by atoms with Crippen molar-refractivity contribution < 1.29 is 51.6 Å². The Bertz CT molecular complexity index is 2340. The van der Waals surface area contributed by atoms with Gasteiger partial charge in [0.1, 0.15) is 34.5 Å². The minimum atomic E-state index is -1.61. The Balaban J connectivity index is 0.000000194. The van der Waals surface area contributed by atoms with Gasteiger partial charge in [-0.15, -0.1) is 13.2 Å². The third kappa shape index (κ3) is 28.6. The zero-order chi connectivity index (χ0) is 70.2. The summed E-state index contributed by atoms with van der Waals surface area (Å²) < 4.78 is 24.0. The van der Waals surface area contributed by atoms with Crippen molar-refractivity contribution in [2.24, 2.45) is 10.8 Å². The zero-order valence-corrected chi connectivity index (χ0v) is 67.7. The first-order valence-corrected chi connectivity index (χ1v) is 47.3. The number of amides is 2. The van der Waals surface area contributed by atoms with E-state index in [4.69, 9.17) is 38.3 Å². The third-order valence-corrected chi connectivity index (χ3v) is 32.5. The average molecular weight is 1500 g/mol. The summed E-state index contributed by atoms with van der Waals surface area (Å²) in [5.41, 5.74) is 5.78. The number of hydrogen-bond acceptors (Lipinski definition) is 8. The van der Waals surface area contributed by atoms with Crippen LogP contribution in [0.1, 0.15) is 320 Å². The van der Waals surface area contributed by atoms with E-state index in [1.807, 2.05) is 130 Å². The van der Waals surface area contributed by atoms with Crippen LogP contribution in [0.15, 0.2) is 67.8 Å². The van der Waals surface area contributed by atoms with Crippen LogP contribution in [-0.2, 0) is 42.1 Å². The SMILES string of the molecule is C1CCC([PH+](C2CCCCC2)C2CCCCC2)CC1.C1CCC([PH+](C2CCCCC2)C2CCCCC2)CC1.C=CCC1(CC=C)C[C@@H](C(=O)OC(C)(C)C)N(C(=O)OC(C)(C)C)C1.CC(C)(C)OC(=O)[C@@H]1CC2(CC=CC2)CN1C(=O)OC(C)(C)C.[Cl][Ru]([Cl])=[CH]c1ccccc1. The molecule has 2 amide bonds. The number of carbonyl (C=O) groups is 4. The van der Waals surface area contributed by atoms with Crippen LogP contribution in [0.5, 0.6) is 0 Å². The van der Waals surface area contributed by atoms with Gasteiger partial charge in [0.2, 0.25) is 0 Å². The van der Waals surface area contributed by atoms with Gasteiger partial charge in [0.25, 0.3) is 0 Å². The van der Waals surface area contributed by atoms with Crippen molar-refractivity contribution in [3.05, 3.63) is 73.4 Å². The predicted octanol–water partition coefficient (Wildman–Crippen LogP) is 23.3. The molecule has 0 N–H and O–H groups in total. The molecule has 1 aromatic carbocycles. The number of hydrogen-bond donors (Lipinski definition) is 0. The number of ether oxygens (including phenoxy) is 4. The van der Waals surface area contributed by atoms with Crippen LogP contribution >= 0.6 is 35.2 Å². The van der Waals surface area contributed by atoms with Crippen molar-refractivity contribution in [2.75, 3.05) is 13.1 Å². The molecule has 10 rings (SSSR count). The van der Waals surface area contributed by atoms with E-state index in [0.717, 1.165) is 18.4 Å². The van der Waals surface area contributed by atoms with Gasteiger partial charge in [-0.1, -0.05) is 62.8 Å². The quantitative estimate of drug-likeness (QED) is 0.0631. The maximum atomic E-state index is 12.7. The Labute approximate surface area is 601 Å². The summed E-state index contributed by atoms with van der Waals surface area (Å²) in [6.07, 6.45) is 58.9. The third-order valence-electron chi connectivity index (χ3n) is 21.5. The fraction of sp³-hybridized carbons (Fsp3) is 0.790. The minimum absolute atomic E-state index is 0.0432. The summed E-state index contributed by atoms with van der Waals surface area (Å²) in [5.74, 6) is -0.736. The number of likely N-dealkylation sites (tertiary alicyclic amines) is 2. The molecular formula is C81H136Cl2N2O8P2Ru+2. The van der Waals surface area contributed by atoms with Crippen molar-refractivity contribution in [2.45, 2.75) is 383 Å². The van der Waals surface area contributed by atoms with E-state index >= 15 is 0 Å². The molecule has 10 nitrogen and oxygen atoms in total. The number of benzene rings is 1. The molecule has 6 saturated carbocycles. The molecule has 1 spiro atoms. The molecule has 15 heteroatoms. The van der Waals surface area contributed by atoms with Gasteiger partial charge in [-0.3, -0.25) is 9.80 Å². The molecule has 0 aromatic heterocycles. The summed E-state index contributed by atoms with van der Waals surface area (Å²) in [7, 11) is 11.2. The van der Waals surface area contributed by atoms with Gasteiger partial charge < -0.3 is 18.9 Å². The Morgan fingerprint density at radius 1 is 0.458 bits per heavy atom. The first kappa shape index (κ1) is 82.8. The van der Waals surface area contributed by atoms with Gasteiger partial charge in [0, 0.05) is 28.9 Å². The molecule has 548 valence electrons. The number of rotatable bonds is 13. The van der Waals surface area contributed by atoms with E-state index in [0.29, 0.717) is 38.8 Å². The molecule has 2 saturated heterocycles. The van der Waals surface area contributed by atoms with E-state index < -0.39 is 66.2 Å². The molecule has 96 heavy (non-hydrogen) atoms. The predicted molar refractivity (Wildman–Crippen MR) is 408 cm³/mol. The second-order valence-electron chi connectivity index (χ2n) is 34.3. The van der Waals surface area contributed by atoms with Crippen molar-refractivity contribution >= 4 is 64.0 Å². The maximum absolute atomic E-state index is 12.7. The Morgan fingerprint density at radius 3 is 1.03 bits per heavy atom. The molecule has 0 bridgehead atoms. The van der Waals surface area contributed by atoms with Gasteiger partial charge in [-0.2, -0.15) is 0 Å². The molecule has 8 fully saturated rings. The Kier molecular flexibility index (Phi) is 34.5. The zero-order valence-electron chi connectivity index (χ0n) is 62.4. The Morgan fingerprint density at radius 2 is 0.750 bits per heavy atom. The van der Waals surface area contributed by atoms with Crippen LogP contribution in [0, 0.1) is 10.8 Å². The van der Waals surface area contributed by atoms with E-state index in [2.05, 4.69) is 25.3 Å². The fourth-order valence-electron chi connectivity index (χ4n) is 17.6. The monoisotopic (exact) mass is 1500 g/mol. The summed E-state index contributed by atoms with van der Waals surface area (Å²) >= 11 is -1.61. The molecule has 2 aliphatic heterocycles. The van der Waals surface area contributed by atoms with Crippen molar-refractivity contribution in [1.82, 2.24) is 9.80 Å². The number of esters is 2. The first-order valence-electron chi connectivity index (χ1n) is 38.4. The van der Waals surface area contributed by atoms with Crippen LogP contribution in [0.4, 0.5) is 9.59 Å². The summed E-state index contributed by atoms with van der Waals surface area (Å²) in [6, 6.07) is 8.67. The molecule has 0 unspecified atom stereocenters. The van der Waals surface area contributed by atoms with E-state index in [1.54, 1.807) is 198 Å². The molecule has 0 radical (unpaired) electrons. The van der Waals surface area contributed by atoms with E-state index in [9.17, 15) is 19.2 Å². The van der Waals surface area contributed by atoms with Crippen LogP contribution in [0.3, 0.4) is 0 Å². The van der Waals surface area contributed by atoms with Crippen LogP contribution in [0.2, 0.25) is 0 Å². The second-order valence-corrected chi connectivity index (χ2v) is 46.9. The topological polar surface area (TPSA) is 112 Å². The van der Waals surface area contributed by atoms with Gasteiger partial charge in [0.05, 0.1) is 34.0 Å². The van der Waals surface area contributed by atoms with Gasteiger partial charge in [0.15, 0.2) is 0 Å². The van der Waals surface area contributed by atoms with Crippen LogP contribution in [-0.4, -0.2) is 120 Å². The number of carbonyl (C=O) groups excluding carboxylic acids is 4. The molecular weight excluding hydrogens is 1360 g/mol. The standard InChI is InChI=1S/C20H33NO4.C18H29NO4.2C18H33P.C7H6.2ClH.Ru/c1-9-11-20(12-10-2)13-15(16(22)24-18(3,4)5)21(14-20)17(23)25-19(6,7)8;1-16(2,3)22-14(20)13-11-18(9-7-8-10-18)12-19(13)15(21)23-17(4,5)6;2*1-4-10-16(11-5-1)19(17-12-6-2-7-13-17)18-14-8-3-9-15-18;1-7-5-3-2-4-6-7;;;/h9-10,15H,1-2,11-14H2,3-8H3;7-8,13H,9-12H2,1-6H3;2*16-18H,1-15H2;1-6H;2*1H;/q;;;;;;;+2/t15-;13-;;;;;;/m00....../s1. The molecule has 2 heterocycles. The second kappa shape index (κ2) is 40.1. The Hall–Kier alpha value is -2.15. The van der Waals surface area contributed by atoms with Gasteiger partial charge in [-0.05, 0) is 287 Å². The molecule has 2 atom stereocenters. The van der Waals surface area contributed by atoms with Crippen LogP contribution in [0.25, 0.3) is 0 Å². The molecule has 7 aliphatic carbocycles. The van der Waals surface area contributed by atoms with E-state index in [-0.39, 0.29) is 32.6 Å². The van der Waals surface area contributed by atoms with Crippen molar-refractivity contribution in [3.8, 4) is 0 Å². The van der Waals surface area contributed by atoms with Crippen molar-refractivity contribution in [1.29, 1.82) is 0 Å². The number of halogens is 2. The number of allylic oxidation sites excluding steroid dienone is 4. The molecule has 1 aromatic rings. The van der Waals surface area contributed by atoms with Gasteiger partial charge >= 0.3 is 97.5 Å². The van der Waals surface area contributed by atoms with Crippen molar-refractivity contribution in [3.63, 3.8) is 0 Å². The normalized spacial score (nSPS) is 23.4. The van der Waals surface area contributed by atoms with Crippen LogP contribution < -0.4 is 0 Å². The molecule has 9 aliphatic rings. The summed E-state index contributed by atoms with van der Waals surface area (Å²) in [6.45, 7) is 30.5. The fourth-order valence-corrected chi connectivity index (χ4v) is 29.8. The first-order chi connectivity index (χ1) is 45.4. The average Bonchev–Trinajstić information content (AvgIpc) is 1.66. The van der Waals surface area contributed by atoms with Gasteiger partial charge in [-0.25, -0.2) is 19.2 Å².